The molecule has 1 aliphatic heterocycles. The molecule has 0 aliphatic carbocycles. The fourth-order valence-electron chi connectivity index (χ4n) is 1.62. The fraction of sp³-hybridized carbons (Fsp3) is 0.600. The van der Waals surface area contributed by atoms with Gasteiger partial charge in [-0.3, -0.25) is 4.79 Å². The Bertz CT molecular complexity index is 386. The van der Waals surface area contributed by atoms with Crippen LogP contribution in [-0.4, -0.2) is 16.4 Å². The van der Waals surface area contributed by atoms with Gasteiger partial charge in [-0.15, -0.1) is 0 Å². The number of carbonyl (C=O) groups excluding carboxylic acids is 1. The van der Waals surface area contributed by atoms with Crippen molar-refractivity contribution in [2.24, 2.45) is 5.92 Å². The third kappa shape index (κ3) is 1.71. The minimum Gasteiger partial charge on any atom is -0.355 e. The predicted octanol–water partition coefficient (Wildman–Crippen LogP) is 1.84. The summed E-state index contributed by atoms with van der Waals surface area (Å²) in [5.41, 5.74) is 1.63. The lowest BCUT2D eigenvalue weighted by Crippen LogP contribution is -2.47. The zero-order valence-electron chi connectivity index (χ0n) is 9.13. The summed E-state index contributed by atoms with van der Waals surface area (Å²) in [6, 6.07) is 0. The number of aromatic nitrogens is 1. The molecule has 1 aromatic heterocycles. The van der Waals surface area contributed by atoms with Crippen LogP contribution in [0.4, 0.5) is 5.00 Å². The molecule has 0 saturated carbocycles. The summed E-state index contributed by atoms with van der Waals surface area (Å²) in [6.07, 6.45) is 0.822. The summed E-state index contributed by atoms with van der Waals surface area (Å²) >= 11 is 1.38. The molecule has 1 atom stereocenters. The highest BCUT2D eigenvalue weighted by molar-refractivity contribution is 7.10. The topological polar surface area (TPSA) is 54.0 Å². The summed E-state index contributed by atoms with van der Waals surface area (Å²) in [7, 11) is 0. The van der Waals surface area contributed by atoms with Crippen LogP contribution in [0.2, 0.25) is 0 Å². The molecule has 1 amide bonds. The maximum absolute atomic E-state index is 11.9. The second-order valence-electron chi connectivity index (χ2n) is 4.03. The van der Waals surface area contributed by atoms with E-state index in [1.54, 1.807) is 0 Å². The van der Waals surface area contributed by atoms with Gasteiger partial charge in [0, 0.05) is 0 Å². The number of anilines is 1. The maximum Gasteiger partial charge on any atom is 0.257 e. The van der Waals surface area contributed by atoms with E-state index in [9.17, 15) is 4.79 Å². The van der Waals surface area contributed by atoms with Gasteiger partial charge in [-0.05, 0) is 23.9 Å². The molecule has 0 fully saturated rings. The number of aryl methyl sites for hydroxylation is 1. The van der Waals surface area contributed by atoms with Crippen molar-refractivity contribution in [1.82, 2.24) is 9.69 Å². The largest absolute Gasteiger partial charge is 0.355 e. The van der Waals surface area contributed by atoms with Gasteiger partial charge in [-0.25, -0.2) is 0 Å². The Morgan fingerprint density at radius 3 is 2.80 bits per heavy atom. The molecular formula is C10H15N3OS. The second-order valence-corrected chi connectivity index (χ2v) is 4.80. The number of amides is 1. The molecule has 1 aromatic rings. The van der Waals surface area contributed by atoms with Gasteiger partial charge in [0.1, 0.15) is 11.2 Å². The van der Waals surface area contributed by atoms with Gasteiger partial charge >= 0.3 is 0 Å². The molecule has 1 aliphatic rings. The van der Waals surface area contributed by atoms with Gasteiger partial charge in [-0.1, -0.05) is 20.8 Å². The van der Waals surface area contributed by atoms with Crippen molar-refractivity contribution in [2.45, 2.75) is 33.4 Å². The van der Waals surface area contributed by atoms with Crippen molar-refractivity contribution in [3.63, 3.8) is 0 Å². The Morgan fingerprint density at radius 1 is 1.47 bits per heavy atom. The molecule has 15 heavy (non-hydrogen) atoms. The Kier molecular flexibility index (Phi) is 2.65. The third-order valence-electron chi connectivity index (χ3n) is 2.56. The van der Waals surface area contributed by atoms with Gasteiger partial charge in [0.15, 0.2) is 0 Å². The number of rotatable bonds is 2. The van der Waals surface area contributed by atoms with Crippen molar-refractivity contribution < 1.29 is 4.79 Å². The minimum atomic E-state index is 0.00745. The van der Waals surface area contributed by atoms with Crippen molar-refractivity contribution in [3.05, 3.63) is 11.3 Å². The molecule has 0 radical (unpaired) electrons. The fourth-order valence-corrected chi connectivity index (χ4v) is 2.52. The Hall–Kier alpha value is -1.10. The first kappa shape index (κ1) is 10.4. The van der Waals surface area contributed by atoms with Crippen LogP contribution < -0.4 is 10.6 Å². The Balaban J connectivity index is 2.34. The van der Waals surface area contributed by atoms with Crippen molar-refractivity contribution >= 4 is 22.4 Å². The van der Waals surface area contributed by atoms with Crippen LogP contribution in [0.25, 0.3) is 0 Å². The lowest BCUT2D eigenvalue weighted by atomic mass is 10.1. The summed E-state index contributed by atoms with van der Waals surface area (Å²) in [4.78, 5) is 11.9. The molecule has 2 heterocycles. The van der Waals surface area contributed by atoms with Crippen LogP contribution in [0.15, 0.2) is 0 Å². The van der Waals surface area contributed by atoms with E-state index in [4.69, 9.17) is 0 Å². The molecule has 1 unspecified atom stereocenters. The normalized spacial score (nSPS) is 19.7. The summed E-state index contributed by atoms with van der Waals surface area (Å²) < 4.78 is 4.28. The van der Waals surface area contributed by atoms with E-state index in [0.29, 0.717) is 5.92 Å². The van der Waals surface area contributed by atoms with Crippen LogP contribution in [0.3, 0.4) is 0 Å². The van der Waals surface area contributed by atoms with Crippen LogP contribution in [0.1, 0.15) is 36.8 Å². The Labute approximate surface area is 93.2 Å². The average Bonchev–Trinajstić information content (AvgIpc) is 2.60. The van der Waals surface area contributed by atoms with E-state index in [2.05, 4.69) is 28.9 Å². The number of nitrogens with zero attached hydrogens (tertiary/aromatic N) is 1. The van der Waals surface area contributed by atoms with Gasteiger partial charge in [0.05, 0.1) is 11.3 Å². The maximum atomic E-state index is 11.9. The highest BCUT2D eigenvalue weighted by atomic mass is 32.1. The first-order valence-electron chi connectivity index (χ1n) is 5.19. The molecule has 4 nitrogen and oxygen atoms in total. The molecule has 0 saturated heterocycles. The summed E-state index contributed by atoms with van der Waals surface area (Å²) in [5.74, 6) is 0.377. The summed E-state index contributed by atoms with van der Waals surface area (Å²) in [5, 5.41) is 7.17. The molecular weight excluding hydrogens is 210 g/mol. The standard InChI is InChI=1S/C10H15N3OS/c1-4-6-7-9(14)11-8(5(2)3)12-10(7)15-13-6/h5,8,12H,4H2,1-3H3,(H,11,14). The number of hydrogen-bond acceptors (Lipinski definition) is 4. The Morgan fingerprint density at radius 2 is 2.20 bits per heavy atom. The molecule has 0 aromatic carbocycles. The predicted molar refractivity (Wildman–Crippen MR) is 61.2 cm³/mol. The third-order valence-corrected chi connectivity index (χ3v) is 3.38. The smallest absolute Gasteiger partial charge is 0.257 e. The molecule has 2 rings (SSSR count). The van der Waals surface area contributed by atoms with Gasteiger partial charge < -0.3 is 10.6 Å². The minimum absolute atomic E-state index is 0.00745. The van der Waals surface area contributed by atoms with Crippen molar-refractivity contribution in [1.29, 1.82) is 0 Å². The molecule has 0 bridgehead atoms. The quantitative estimate of drug-likeness (QED) is 0.807. The number of hydrogen-bond donors (Lipinski definition) is 2. The van der Waals surface area contributed by atoms with Crippen molar-refractivity contribution in [3.8, 4) is 0 Å². The van der Waals surface area contributed by atoms with Gasteiger partial charge in [-0.2, -0.15) is 4.37 Å². The van der Waals surface area contributed by atoms with E-state index in [1.807, 2.05) is 6.92 Å². The van der Waals surface area contributed by atoms with Crippen LogP contribution in [-0.2, 0) is 6.42 Å². The highest BCUT2D eigenvalue weighted by Crippen LogP contribution is 2.29. The molecule has 82 valence electrons. The van der Waals surface area contributed by atoms with Gasteiger partial charge in [0.2, 0.25) is 0 Å². The van der Waals surface area contributed by atoms with E-state index in [-0.39, 0.29) is 12.1 Å². The SMILES string of the molecule is CCc1nsc2c1C(=O)NC(C(C)C)N2. The first-order chi connectivity index (χ1) is 7.13. The highest BCUT2D eigenvalue weighted by Gasteiger charge is 2.29. The van der Waals surface area contributed by atoms with Crippen molar-refractivity contribution in [2.75, 3.05) is 5.32 Å². The number of nitrogens with one attached hydrogen (secondary N) is 2. The van der Waals surface area contributed by atoms with E-state index in [0.717, 1.165) is 22.7 Å². The average molecular weight is 225 g/mol. The zero-order valence-corrected chi connectivity index (χ0v) is 9.94. The van der Waals surface area contributed by atoms with E-state index >= 15 is 0 Å². The zero-order chi connectivity index (χ0) is 11.0. The lowest BCUT2D eigenvalue weighted by molar-refractivity contribution is 0.0925. The first-order valence-corrected chi connectivity index (χ1v) is 5.96. The monoisotopic (exact) mass is 225 g/mol. The van der Waals surface area contributed by atoms with Crippen LogP contribution >= 0.6 is 11.5 Å². The van der Waals surface area contributed by atoms with E-state index < -0.39 is 0 Å². The van der Waals surface area contributed by atoms with Gasteiger partial charge in [0.25, 0.3) is 5.91 Å². The second kappa shape index (κ2) is 3.81. The molecule has 0 spiro atoms. The molecule has 5 heteroatoms. The number of fused-ring (bicyclic) bond motifs is 1. The molecule has 2 N–H and O–H groups in total. The lowest BCUT2D eigenvalue weighted by Gasteiger charge is -2.28. The van der Waals surface area contributed by atoms with E-state index in [1.165, 1.54) is 11.5 Å². The van der Waals surface area contributed by atoms with Crippen LogP contribution in [0, 0.1) is 5.92 Å². The number of carbonyl (C=O) groups is 1. The van der Waals surface area contributed by atoms with Crippen LogP contribution in [0.5, 0.6) is 0 Å². The summed E-state index contributed by atoms with van der Waals surface area (Å²) in [6.45, 7) is 6.16.